The molecular formula is C53H69NO3P2. The number of hydrogen-bond donors (Lipinski definition) is 0. The molecule has 0 radical (unpaired) electrons. The average molecular weight is 830 g/mol. The van der Waals surface area contributed by atoms with Crippen molar-refractivity contribution in [2.24, 2.45) is 46.3 Å². The van der Waals surface area contributed by atoms with Gasteiger partial charge in [-0.15, -0.1) is 0 Å². The van der Waals surface area contributed by atoms with E-state index in [4.69, 9.17) is 4.74 Å². The van der Waals surface area contributed by atoms with Crippen molar-refractivity contribution in [3.05, 3.63) is 133 Å². The van der Waals surface area contributed by atoms with Gasteiger partial charge in [-0.1, -0.05) is 138 Å². The zero-order valence-corrected chi connectivity index (χ0v) is 38.2. The molecule has 3 fully saturated rings. The van der Waals surface area contributed by atoms with Crippen molar-refractivity contribution in [3.8, 4) is 0 Å². The van der Waals surface area contributed by atoms with Crippen LogP contribution in [-0.4, -0.2) is 23.7 Å². The highest BCUT2D eigenvalue weighted by molar-refractivity contribution is 7.90. The van der Waals surface area contributed by atoms with Gasteiger partial charge in [-0.25, -0.2) is 0 Å². The van der Waals surface area contributed by atoms with E-state index in [9.17, 15) is 0 Å². The Labute approximate surface area is 356 Å². The molecule has 4 aromatic rings. The van der Waals surface area contributed by atoms with Gasteiger partial charge in [0, 0.05) is 27.8 Å². The molecule has 4 aliphatic carbocycles. The van der Waals surface area contributed by atoms with Crippen LogP contribution in [0, 0.1) is 46.3 Å². The smallest absolute Gasteiger partial charge is 0.213 e. The maximum Gasteiger partial charge on any atom is 0.213 e. The lowest BCUT2D eigenvalue weighted by atomic mass is 9.47. The summed E-state index contributed by atoms with van der Waals surface area (Å²) in [5.74, 6) is 4.93. The third-order valence-corrected chi connectivity index (χ3v) is 23.2. The SMILES string of the molecule is CC(C)CCC[C@@H](C)[C@H]1CCC2C3CC=C4C[C@@H](OCCN(P(=O)(c5ccccc5)c5ccccc5)P(=O)(c5ccccc5)c5ccccc5)CC[C@]4(C)C3CC[C@@]21C. The maximum absolute atomic E-state index is 16.3. The van der Waals surface area contributed by atoms with E-state index in [-0.39, 0.29) is 18.1 Å². The minimum Gasteiger partial charge on any atom is -0.377 e. The van der Waals surface area contributed by atoms with E-state index >= 15 is 9.13 Å². The lowest BCUT2D eigenvalue weighted by Gasteiger charge is -2.58. The second kappa shape index (κ2) is 17.8. The van der Waals surface area contributed by atoms with Crippen molar-refractivity contribution in [3.63, 3.8) is 0 Å². The van der Waals surface area contributed by atoms with E-state index in [2.05, 4.69) is 40.7 Å². The summed E-state index contributed by atoms with van der Waals surface area (Å²) in [4.78, 5) is 0. The minimum atomic E-state index is -3.66. The molecule has 3 unspecified atom stereocenters. The summed E-state index contributed by atoms with van der Waals surface area (Å²) in [7, 11) is -7.33. The van der Waals surface area contributed by atoms with Gasteiger partial charge in [-0.2, -0.15) is 4.44 Å². The zero-order chi connectivity index (χ0) is 41.3. The zero-order valence-electron chi connectivity index (χ0n) is 36.4. The quantitative estimate of drug-likeness (QED) is 0.0884. The highest BCUT2D eigenvalue weighted by Gasteiger charge is 2.59. The van der Waals surface area contributed by atoms with Gasteiger partial charge >= 0.3 is 0 Å². The molecule has 0 saturated heterocycles. The first-order valence-corrected chi connectivity index (χ1v) is 26.3. The highest BCUT2D eigenvalue weighted by Crippen LogP contribution is 2.68. The Morgan fingerprint density at radius 3 is 1.69 bits per heavy atom. The fourth-order valence-electron chi connectivity index (χ4n) is 12.9. The van der Waals surface area contributed by atoms with Crippen LogP contribution in [0.2, 0.25) is 0 Å². The van der Waals surface area contributed by atoms with E-state index in [0.717, 1.165) is 54.8 Å². The molecule has 3 saturated carbocycles. The van der Waals surface area contributed by atoms with Gasteiger partial charge in [0.05, 0.1) is 12.7 Å². The lowest BCUT2D eigenvalue weighted by Crippen LogP contribution is -2.51. The van der Waals surface area contributed by atoms with Gasteiger partial charge in [-0.3, -0.25) is 9.13 Å². The molecule has 0 aliphatic heterocycles. The fraction of sp³-hybridized carbons (Fsp3) is 0.509. The Balaban J connectivity index is 1.04. The van der Waals surface area contributed by atoms with Crippen LogP contribution < -0.4 is 21.2 Å². The monoisotopic (exact) mass is 829 g/mol. The van der Waals surface area contributed by atoms with E-state index in [1.807, 2.05) is 126 Å². The molecule has 0 spiro atoms. The first-order chi connectivity index (χ1) is 28.5. The molecule has 0 heterocycles. The van der Waals surface area contributed by atoms with E-state index in [1.54, 1.807) is 5.57 Å². The average Bonchev–Trinajstić information content (AvgIpc) is 3.63. The fourth-order valence-corrected chi connectivity index (χ4v) is 20.3. The van der Waals surface area contributed by atoms with Gasteiger partial charge in [0.25, 0.3) is 0 Å². The third kappa shape index (κ3) is 8.00. The molecule has 0 aromatic heterocycles. The van der Waals surface area contributed by atoms with Crippen LogP contribution >= 0.6 is 14.6 Å². The number of benzene rings is 4. The predicted molar refractivity (Wildman–Crippen MR) is 249 cm³/mol. The number of nitrogens with zero attached hydrogens (tertiary/aromatic N) is 1. The Hall–Kier alpha value is -3.00. The number of allylic oxidation sites excluding steroid dienone is 1. The number of hydrogen-bond acceptors (Lipinski definition) is 3. The van der Waals surface area contributed by atoms with Gasteiger partial charge in [0.1, 0.15) is 0 Å². The van der Waals surface area contributed by atoms with Gasteiger partial charge in [-0.05, 0) is 146 Å². The summed E-state index contributed by atoms with van der Waals surface area (Å²) < 4.78 is 41.3. The molecule has 314 valence electrons. The number of fused-ring (bicyclic) bond motifs is 5. The summed E-state index contributed by atoms with van der Waals surface area (Å²) in [5, 5.41) is 2.69. The molecule has 8 atom stereocenters. The number of ether oxygens (including phenoxy) is 1. The molecule has 4 aromatic carbocycles. The second-order valence-corrected chi connectivity index (χ2v) is 25.3. The second-order valence-electron chi connectivity index (χ2n) is 19.6. The van der Waals surface area contributed by atoms with Gasteiger partial charge in [0.2, 0.25) is 14.6 Å². The van der Waals surface area contributed by atoms with Crippen LogP contribution in [0.4, 0.5) is 0 Å². The Bertz CT molecular complexity index is 1940. The van der Waals surface area contributed by atoms with E-state index in [1.165, 1.54) is 51.4 Å². The number of rotatable bonds is 15. The molecule has 8 rings (SSSR count). The molecule has 0 N–H and O–H groups in total. The molecule has 6 heteroatoms. The summed E-state index contributed by atoms with van der Waals surface area (Å²) in [6, 6.07) is 38.7. The Kier molecular flexibility index (Phi) is 12.9. The topological polar surface area (TPSA) is 46.6 Å². The first kappa shape index (κ1) is 42.7. The van der Waals surface area contributed by atoms with Gasteiger partial charge < -0.3 is 4.74 Å². The van der Waals surface area contributed by atoms with E-state index in [0.29, 0.717) is 33.2 Å². The molecule has 0 amide bonds. The van der Waals surface area contributed by atoms with Crippen molar-refractivity contribution in [2.45, 2.75) is 111 Å². The van der Waals surface area contributed by atoms with Crippen LogP contribution in [0.3, 0.4) is 0 Å². The Morgan fingerprint density at radius 1 is 0.661 bits per heavy atom. The highest BCUT2D eigenvalue weighted by atomic mass is 31.2. The summed E-state index contributed by atoms with van der Waals surface area (Å²) in [6.45, 7) is 13.2. The van der Waals surface area contributed by atoms with Crippen molar-refractivity contribution >= 4 is 35.8 Å². The maximum atomic E-state index is 16.3. The normalized spacial score (nSPS) is 28.7. The summed E-state index contributed by atoms with van der Waals surface area (Å²) in [6.07, 6.45) is 16.9. The summed E-state index contributed by atoms with van der Waals surface area (Å²) in [5.41, 5.74) is 2.35. The van der Waals surface area contributed by atoms with Crippen LogP contribution in [0.5, 0.6) is 0 Å². The van der Waals surface area contributed by atoms with Crippen molar-refractivity contribution < 1.29 is 13.9 Å². The van der Waals surface area contributed by atoms with E-state index < -0.39 is 14.6 Å². The lowest BCUT2D eigenvalue weighted by molar-refractivity contribution is -0.0638. The molecule has 0 bridgehead atoms. The standard InChI is InChI=1S/C53H69NO3P2/c1-40(2)19-18-20-41(3)49-31-32-50-48-30-29-42-39-43(33-35-52(42,4)51(48)34-36-53(49,50)5)57-38-37-54(58(55,44-21-10-6-11-22-44)45-23-12-7-13-24-45)59(56,46-25-14-8-15-26-46)47-27-16-9-17-28-47/h6-17,21-29,40-41,43,48-51H,18-20,30-39H2,1-5H3/t41-,43+,48?,49-,50?,51?,52+,53-/m1/s1. The molecule has 59 heavy (non-hydrogen) atoms. The van der Waals surface area contributed by atoms with Gasteiger partial charge in [0.15, 0.2) is 0 Å². The minimum absolute atomic E-state index is 0.0878. The molecule has 4 aliphatic rings. The third-order valence-electron chi connectivity index (χ3n) is 16.0. The van der Waals surface area contributed by atoms with Crippen molar-refractivity contribution in [1.29, 1.82) is 0 Å². The van der Waals surface area contributed by atoms with Crippen molar-refractivity contribution in [1.82, 2.24) is 4.44 Å². The largest absolute Gasteiger partial charge is 0.377 e. The van der Waals surface area contributed by atoms with Crippen LogP contribution in [0.25, 0.3) is 0 Å². The first-order valence-electron chi connectivity index (χ1n) is 23.0. The molecule has 4 nitrogen and oxygen atoms in total. The van der Waals surface area contributed by atoms with Crippen molar-refractivity contribution in [2.75, 3.05) is 13.2 Å². The van der Waals surface area contributed by atoms with Crippen LogP contribution in [0.15, 0.2) is 133 Å². The van der Waals surface area contributed by atoms with Crippen LogP contribution in [-0.2, 0) is 13.9 Å². The van der Waals surface area contributed by atoms with Crippen LogP contribution in [0.1, 0.15) is 105 Å². The Morgan fingerprint density at radius 2 is 1.19 bits per heavy atom. The molecular weight excluding hydrogens is 761 g/mol. The summed E-state index contributed by atoms with van der Waals surface area (Å²) >= 11 is 0. The predicted octanol–water partition coefficient (Wildman–Crippen LogP) is 12.6.